The Morgan fingerprint density at radius 2 is 1.87 bits per heavy atom. The van der Waals surface area contributed by atoms with Gasteiger partial charge in [-0.05, 0) is 12.8 Å². The van der Waals surface area contributed by atoms with Crippen molar-refractivity contribution >= 4 is 0 Å². The van der Waals surface area contributed by atoms with Crippen molar-refractivity contribution < 1.29 is 20.1 Å². The van der Waals surface area contributed by atoms with Crippen LogP contribution in [0.2, 0.25) is 0 Å². The molecule has 1 saturated heterocycles. The van der Waals surface area contributed by atoms with Gasteiger partial charge in [-0.25, -0.2) is 0 Å². The lowest BCUT2D eigenvalue weighted by Crippen LogP contribution is -2.46. The number of rotatable bonds is 7. The summed E-state index contributed by atoms with van der Waals surface area (Å²) >= 11 is 0. The van der Waals surface area contributed by atoms with Crippen molar-refractivity contribution in [2.45, 2.75) is 70.1 Å². The molecule has 4 heteroatoms. The van der Waals surface area contributed by atoms with E-state index in [4.69, 9.17) is 5.11 Å². The van der Waals surface area contributed by atoms with Crippen LogP contribution in [0.4, 0.5) is 0 Å². The molecule has 15 heavy (non-hydrogen) atoms. The zero-order valence-electron chi connectivity index (χ0n) is 9.57. The summed E-state index contributed by atoms with van der Waals surface area (Å²) in [4.78, 5) is 0. The van der Waals surface area contributed by atoms with Crippen LogP contribution in [0.1, 0.15) is 52.4 Å². The van der Waals surface area contributed by atoms with Crippen LogP contribution in [0.5, 0.6) is 0 Å². The van der Waals surface area contributed by atoms with E-state index in [9.17, 15) is 10.2 Å². The van der Waals surface area contributed by atoms with E-state index in [-0.39, 0.29) is 0 Å². The molecule has 0 aromatic rings. The Labute approximate surface area is 90.9 Å². The Balaban J connectivity index is 2.40. The molecular weight excluding hydrogens is 196 g/mol. The van der Waals surface area contributed by atoms with Gasteiger partial charge in [0.15, 0.2) is 0 Å². The fourth-order valence-electron chi connectivity index (χ4n) is 1.93. The van der Waals surface area contributed by atoms with Crippen molar-refractivity contribution in [3.8, 4) is 0 Å². The molecule has 0 aliphatic carbocycles. The van der Waals surface area contributed by atoms with Crippen LogP contribution >= 0.6 is 0 Å². The smallest absolute Gasteiger partial charge is 0.250 e. The van der Waals surface area contributed by atoms with Gasteiger partial charge < -0.3 is 20.1 Å². The molecule has 0 amide bonds. The highest BCUT2D eigenvalue weighted by atomic mass is 16.8. The number of aliphatic hydroxyl groups excluding tert-OH is 1. The summed E-state index contributed by atoms with van der Waals surface area (Å²) in [6.45, 7) is 3.90. The molecule has 1 aliphatic heterocycles. The van der Waals surface area contributed by atoms with Crippen LogP contribution in [0.25, 0.3) is 0 Å². The summed E-state index contributed by atoms with van der Waals surface area (Å²) in [6, 6.07) is 0. The average molecular weight is 218 g/mol. The molecule has 0 aromatic carbocycles. The summed E-state index contributed by atoms with van der Waals surface area (Å²) in [5.41, 5.74) is -1.31. The molecule has 0 saturated carbocycles. The Hall–Kier alpha value is -0.160. The molecule has 3 unspecified atom stereocenters. The van der Waals surface area contributed by atoms with Gasteiger partial charge in [-0.2, -0.15) is 0 Å². The Bertz CT molecular complexity index is 209. The quantitative estimate of drug-likeness (QED) is 0.442. The first-order chi connectivity index (χ1) is 7.00. The summed E-state index contributed by atoms with van der Waals surface area (Å²) in [7, 11) is 0. The van der Waals surface area contributed by atoms with E-state index >= 15 is 0 Å². The summed E-state index contributed by atoms with van der Waals surface area (Å²) in [6.07, 6.45) is 3.76. The molecule has 0 aromatic heterocycles. The zero-order chi connectivity index (χ0) is 11.5. The van der Waals surface area contributed by atoms with Crippen molar-refractivity contribution in [2.75, 3.05) is 0 Å². The summed E-state index contributed by atoms with van der Waals surface area (Å²) < 4.78 is 4.68. The normalized spacial score (nSPS) is 33.8. The van der Waals surface area contributed by atoms with Crippen molar-refractivity contribution in [2.24, 2.45) is 0 Å². The van der Waals surface area contributed by atoms with Crippen LogP contribution in [0.15, 0.2) is 0 Å². The van der Waals surface area contributed by atoms with Crippen LogP contribution in [0.3, 0.4) is 0 Å². The Kier molecular flexibility index (Phi) is 4.12. The summed E-state index contributed by atoms with van der Waals surface area (Å²) in [5, 5.41) is 29.0. The third-order valence-corrected chi connectivity index (χ3v) is 3.26. The fraction of sp³-hybridized carbons (Fsp3) is 1.00. The van der Waals surface area contributed by atoms with Gasteiger partial charge in [0.25, 0.3) is 0 Å². The molecule has 0 bridgehead atoms. The molecule has 3 N–H and O–H groups in total. The number of hydrogen-bond donors (Lipinski definition) is 3. The Morgan fingerprint density at radius 3 is 2.27 bits per heavy atom. The van der Waals surface area contributed by atoms with Crippen LogP contribution < -0.4 is 0 Å². The molecule has 3 atom stereocenters. The topological polar surface area (TPSA) is 73.2 Å². The zero-order valence-corrected chi connectivity index (χ0v) is 9.57. The minimum Gasteiger partial charge on any atom is -0.384 e. The van der Waals surface area contributed by atoms with E-state index in [1.807, 2.05) is 0 Å². The van der Waals surface area contributed by atoms with Crippen molar-refractivity contribution in [1.29, 1.82) is 0 Å². The Morgan fingerprint density at radius 1 is 1.27 bits per heavy atom. The van der Waals surface area contributed by atoms with Gasteiger partial charge in [0.05, 0.1) is 0 Å². The van der Waals surface area contributed by atoms with E-state index < -0.39 is 17.7 Å². The van der Waals surface area contributed by atoms with Crippen molar-refractivity contribution in [1.82, 2.24) is 0 Å². The van der Waals surface area contributed by atoms with Gasteiger partial charge in [0.2, 0.25) is 12.1 Å². The molecular formula is C11H22O4. The molecule has 0 spiro atoms. The highest BCUT2D eigenvalue weighted by molar-refractivity contribution is 5.03. The summed E-state index contributed by atoms with van der Waals surface area (Å²) in [5.74, 6) is -1.73. The van der Waals surface area contributed by atoms with E-state index in [1.165, 1.54) is 0 Å². The SMILES string of the molecule is CCCCCCC(O)(CC)C1(O)OC1O. The standard InChI is InChI=1S/C11H22O4/c1-3-5-6-7-8-10(13,4-2)11(14)9(12)15-11/h9,12-14H,3-8H2,1-2H3. The van der Waals surface area contributed by atoms with E-state index in [0.717, 1.165) is 25.7 Å². The predicted octanol–water partition coefficient (Wildman–Crippen LogP) is 1.14. The monoisotopic (exact) mass is 218 g/mol. The van der Waals surface area contributed by atoms with Gasteiger partial charge in [-0.1, -0.05) is 39.5 Å². The van der Waals surface area contributed by atoms with Crippen LogP contribution in [-0.2, 0) is 4.74 Å². The van der Waals surface area contributed by atoms with Crippen molar-refractivity contribution in [3.05, 3.63) is 0 Å². The largest absolute Gasteiger partial charge is 0.384 e. The number of ether oxygens (including phenoxy) is 1. The maximum absolute atomic E-state index is 10.2. The second kappa shape index (κ2) is 4.78. The third kappa shape index (κ3) is 2.50. The number of unbranched alkanes of at least 4 members (excludes halogenated alkanes) is 3. The van der Waals surface area contributed by atoms with Crippen LogP contribution in [0, 0.1) is 0 Å². The highest BCUT2D eigenvalue weighted by Gasteiger charge is 2.67. The van der Waals surface area contributed by atoms with Gasteiger partial charge in [0.1, 0.15) is 5.60 Å². The molecule has 90 valence electrons. The lowest BCUT2D eigenvalue weighted by atomic mass is 9.87. The third-order valence-electron chi connectivity index (χ3n) is 3.26. The molecule has 1 fully saturated rings. The van der Waals surface area contributed by atoms with E-state index in [0.29, 0.717) is 12.8 Å². The van der Waals surface area contributed by atoms with Gasteiger partial charge in [0, 0.05) is 0 Å². The number of hydrogen-bond acceptors (Lipinski definition) is 4. The molecule has 0 radical (unpaired) electrons. The second-order valence-electron chi connectivity index (χ2n) is 4.36. The first-order valence-corrected chi connectivity index (χ1v) is 5.81. The van der Waals surface area contributed by atoms with Crippen LogP contribution in [-0.4, -0.2) is 33.0 Å². The average Bonchev–Trinajstić information content (AvgIpc) is 2.83. The molecule has 4 nitrogen and oxygen atoms in total. The van der Waals surface area contributed by atoms with Crippen molar-refractivity contribution in [3.63, 3.8) is 0 Å². The van der Waals surface area contributed by atoms with Gasteiger partial charge in [-0.3, -0.25) is 0 Å². The highest BCUT2D eigenvalue weighted by Crippen LogP contribution is 2.45. The van der Waals surface area contributed by atoms with E-state index in [2.05, 4.69) is 11.7 Å². The fourth-order valence-corrected chi connectivity index (χ4v) is 1.93. The lowest BCUT2D eigenvalue weighted by Gasteiger charge is -2.29. The van der Waals surface area contributed by atoms with E-state index in [1.54, 1.807) is 6.92 Å². The maximum Gasteiger partial charge on any atom is 0.250 e. The molecule has 1 heterocycles. The minimum atomic E-state index is -1.73. The molecule has 1 aliphatic rings. The van der Waals surface area contributed by atoms with Gasteiger partial charge >= 0.3 is 0 Å². The van der Waals surface area contributed by atoms with Gasteiger partial charge in [-0.15, -0.1) is 0 Å². The predicted molar refractivity (Wildman–Crippen MR) is 56.0 cm³/mol. The first-order valence-electron chi connectivity index (χ1n) is 5.81. The number of epoxide rings is 1. The second-order valence-corrected chi connectivity index (χ2v) is 4.36. The lowest BCUT2D eigenvalue weighted by molar-refractivity contribution is -0.155. The first kappa shape index (κ1) is 12.9. The number of aliphatic hydroxyl groups is 3. The minimum absolute atomic E-state index is 0.382. The molecule has 1 rings (SSSR count). The maximum atomic E-state index is 10.2.